The number of nitrogens with zero attached hydrogens (tertiary/aromatic N) is 2. The van der Waals surface area contributed by atoms with E-state index in [0.29, 0.717) is 43.9 Å². The molecule has 2 heterocycles. The van der Waals surface area contributed by atoms with Gasteiger partial charge in [0.15, 0.2) is 0 Å². The van der Waals surface area contributed by atoms with E-state index in [0.717, 1.165) is 37.1 Å². The quantitative estimate of drug-likeness (QED) is 0.561. The van der Waals surface area contributed by atoms with Gasteiger partial charge < -0.3 is 20.7 Å². The standard InChI is InChI=1S/C21H26FN5O2/c22-16-3-1-4-17(11-16)26-21-25-12-18(14-5-6-14)19(27-21)23-8-2-9-24-20(28)15-7-10-29-13-15/h1,3-4,11-12,14-15H,2,5-10,13H2,(H,24,28)(H2,23,25,26,27). The van der Waals surface area contributed by atoms with E-state index in [2.05, 4.69) is 25.9 Å². The molecule has 1 amide bonds. The zero-order chi connectivity index (χ0) is 20.1. The maximum Gasteiger partial charge on any atom is 0.229 e. The molecule has 3 N–H and O–H groups in total. The lowest BCUT2D eigenvalue weighted by Crippen LogP contribution is -2.32. The van der Waals surface area contributed by atoms with Crippen molar-refractivity contribution in [1.82, 2.24) is 15.3 Å². The van der Waals surface area contributed by atoms with Crippen LogP contribution < -0.4 is 16.0 Å². The van der Waals surface area contributed by atoms with Crippen LogP contribution in [0.25, 0.3) is 0 Å². The number of halogens is 1. The van der Waals surface area contributed by atoms with Gasteiger partial charge in [-0.2, -0.15) is 4.98 Å². The first kappa shape index (κ1) is 19.6. The Morgan fingerprint density at radius 2 is 2.14 bits per heavy atom. The molecule has 0 spiro atoms. The van der Waals surface area contributed by atoms with Gasteiger partial charge in [0.25, 0.3) is 0 Å². The highest BCUT2D eigenvalue weighted by molar-refractivity contribution is 5.78. The third kappa shape index (κ3) is 5.41. The first-order valence-electron chi connectivity index (χ1n) is 10.2. The summed E-state index contributed by atoms with van der Waals surface area (Å²) >= 11 is 0. The van der Waals surface area contributed by atoms with Crippen molar-refractivity contribution in [1.29, 1.82) is 0 Å². The van der Waals surface area contributed by atoms with Crippen molar-refractivity contribution in [3.05, 3.63) is 41.8 Å². The summed E-state index contributed by atoms with van der Waals surface area (Å²) in [5, 5.41) is 9.39. The van der Waals surface area contributed by atoms with Crippen LogP contribution in [0, 0.1) is 11.7 Å². The molecule has 0 bridgehead atoms. The van der Waals surface area contributed by atoms with E-state index < -0.39 is 0 Å². The molecule has 8 heteroatoms. The summed E-state index contributed by atoms with van der Waals surface area (Å²) in [5.74, 6) is 1.48. The van der Waals surface area contributed by atoms with Crippen molar-refractivity contribution in [2.45, 2.75) is 31.6 Å². The van der Waals surface area contributed by atoms with Crippen molar-refractivity contribution in [2.24, 2.45) is 5.92 Å². The minimum Gasteiger partial charge on any atom is -0.381 e. The Hall–Kier alpha value is -2.74. The lowest BCUT2D eigenvalue weighted by Gasteiger charge is -2.13. The molecular weight excluding hydrogens is 373 g/mol. The number of hydrogen-bond donors (Lipinski definition) is 3. The molecule has 2 aromatic rings. The second-order valence-electron chi connectivity index (χ2n) is 7.54. The second-order valence-corrected chi connectivity index (χ2v) is 7.54. The molecule has 154 valence electrons. The number of rotatable bonds is 9. The summed E-state index contributed by atoms with van der Waals surface area (Å²) < 4.78 is 18.6. The molecule has 1 aliphatic carbocycles. The highest BCUT2D eigenvalue weighted by Gasteiger charge is 2.27. The average Bonchev–Trinajstić information content (AvgIpc) is 3.40. The van der Waals surface area contributed by atoms with Crippen LogP contribution in [0.3, 0.4) is 0 Å². The molecular formula is C21H26FN5O2. The Morgan fingerprint density at radius 3 is 2.90 bits per heavy atom. The Morgan fingerprint density at radius 1 is 1.24 bits per heavy atom. The smallest absolute Gasteiger partial charge is 0.229 e. The van der Waals surface area contributed by atoms with E-state index in [-0.39, 0.29) is 17.6 Å². The number of carbonyl (C=O) groups is 1. The van der Waals surface area contributed by atoms with E-state index in [1.54, 1.807) is 12.1 Å². The van der Waals surface area contributed by atoms with Gasteiger partial charge in [-0.15, -0.1) is 0 Å². The lowest BCUT2D eigenvalue weighted by molar-refractivity contribution is -0.124. The Balaban J connectivity index is 1.31. The number of amides is 1. The number of hydrogen-bond acceptors (Lipinski definition) is 6. The molecule has 1 aromatic carbocycles. The Labute approximate surface area is 169 Å². The minimum atomic E-state index is -0.311. The van der Waals surface area contributed by atoms with Gasteiger partial charge in [-0.25, -0.2) is 9.37 Å². The Kier molecular flexibility index (Phi) is 6.19. The summed E-state index contributed by atoms with van der Waals surface area (Å²) in [5.41, 5.74) is 1.72. The van der Waals surface area contributed by atoms with E-state index in [1.807, 2.05) is 6.20 Å². The molecule has 1 aliphatic heterocycles. The molecule has 1 atom stereocenters. The van der Waals surface area contributed by atoms with Crippen LogP contribution in [0.5, 0.6) is 0 Å². The third-order valence-corrected chi connectivity index (χ3v) is 5.16. The number of benzene rings is 1. The molecule has 1 unspecified atom stereocenters. The first-order chi connectivity index (χ1) is 14.2. The largest absolute Gasteiger partial charge is 0.381 e. The molecule has 0 radical (unpaired) electrons. The van der Waals surface area contributed by atoms with Crippen LogP contribution in [-0.2, 0) is 9.53 Å². The van der Waals surface area contributed by atoms with E-state index >= 15 is 0 Å². The van der Waals surface area contributed by atoms with Gasteiger partial charge in [-0.1, -0.05) is 6.07 Å². The molecule has 1 aromatic heterocycles. The summed E-state index contributed by atoms with van der Waals surface area (Å²) in [6.07, 6.45) is 5.73. The van der Waals surface area contributed by atoms with E-state index in [9.17, 15) is 9.18 Å². The number of anilines is 3. The number of nitrogens with one attached hydrogen (secondary N) is 3. The summed E-state index contributed by atoms with van der Waals surface area (Å²) in [6, 6.07) is 6.21. The van der Waals surface area contributed by atoms with Crippen LogP contribution >= 0.6 is 0 Å². The average molecular weight is 399 g/mol. The van der Waals surface area contributed by atoms with Gasteiger partial charge in [-0.3, -0.25) is 4.79 Å². The molecule has 29 heavy (non-hydrogen) atoms. The number of carbonyl (C=O) groups excluding carboxylic acids is 1. The topological polar surface area (TPSA) is 88.2 Å². The molecule has 2 fully saturated rings. The summed E-state index contributed by atoms with van der Waals surface area (Å²) in [6.45, 7) is 2.50. The first-order valence-corrected chi connectivity index (χ1v) is 10.2. The van der Waals surface area contributed by atoms with E-state index in [4.69, 9.17) is 4.74 Å². The van der Waals surface area contributed by atoms with Gasteiger partial charge >= 0.3 is 0 Å². The zero-order valence-electron chi connectivity index (χ0n) is 16.3. The Bertz CT molecular complexity index is 853. The summed E-state index contributed by atoms with van der Waals surface area (Å²) in [7, 11) is 0. The van der Waals surface area contributed by atoms with Crippen molar-refractivity contribution in [3.63, 3.8) is 0 Å². The van der Waals surface area contributed by atoms with Crippen LogP contribution in [0.4, 0.5) is 21.8 Å². The van der Waals surface area contributed by atoms with Crippen LogP contribution in [0.2, 0.25) is 0 Å². The minimum absolute atomic E-state index is 0.0113. The van der Waals surface area contributed by atoms with Gasteiger partial charge in [0.2, 0.25) is 11.9 Å². The molecule has 4 rings (SSSR count). The maximum absolute atomic E-state index is 13.4. The third-order valence-electron chi connectivity index (χ3n) is 5.16. The van der Waals surface area contributed by atoms with Crippen LogP contribution in [0.15, 0.2) is 30.5 Å². The molecule has 7 nitrogen and oxygen atoms in total. The molecule has 2 aliphatic rings. The molecule has 1 saturated heterocycles. The van der Waals surface area contributed by atoms with E-state index in [1.165, 1.54) is 12.1 Å². The van der Waals surface area contributed by atoms with Gasteiger partial charge in [-0.05, 0) is 49.8 Å². The predicted molar refractivity (Wildman–Crippen MR) is 109 cm³/mol. The highest BCUT2D eigenvalue weighted by Crippen LogP contribution is 2.42. The van der Waals surface area contributed by atoms with Crippen molar-refractivity contribution >= 4 is 23.4 Å². The SMILES string of the molecule is O=C(NCCCNc1nc(Nc2cccc(F)c2)ncc1C1CC1)C1CCOC1. The fraction of sp³-hybridized carbons (Fsp3) is 0.476. The van der Waals surface area contributed by atoms with Crippen molar-refractivity contribution in [3.8, 4) is 0 Å². The second kappa shape index (κ2) is 9.17. The molecule has 1 saturated carbocycles. The number of aromatic nitrogens is 2. The summed E-state index contributed by atoms with van der Waals surface area (Å²) in [4.78, 5) is 21.0. The number of ether oxygens (including phenoxy) is 1. The fourth-order valence-corrected chi connectivity index (χ4v) is 3.37. The van der Waals surface area contributed by atoms with Crippen molar-refractivity contribution < 1.29 is 13.9 Å². The monoisotopic (exact) mass is 399 g/mol. The van der Waals surface area contributed by atoms with Gasteiger partial charge in [0.05, 0.1) is 12.5 Å². The van der Waals surface area contributed by atoms with Gasteiger partial charge in [0, 0.05) is 37.1 Å². The van der Waals surface area contributed by atoms with Gasteiger partial charge in [0.1, 0.15) is 11.6 Å². The van der Waals surface area contributed by atoms with Crippen molar-refractivity contribution in [2.75, 3.05) is 36.9 Å². The zero-order valence-corrected chi connectivity index (χ0v) is 16.3. The highest BCUT2D eigenvalue weighted by atomic mass is 19.1. The van der Waals surface area contributed by atoms with Crippen LogP contribution in [-0.4, -0.2) is 42.2 Å². The fourth-order valence-electron chi connectivity index (χ4n) is 3.37. The normalized spacial score (nSPS) is 18.4. The predicted octanol–water partition coefficient (Wildman–Crippen LogP) is 3.19. The lowest BCUT2D eigenvalue weighted by atomic mass is 10.1. The maximum atomic E-state index is 13.4. The van der Waals surface area contributed by atoms with Crippen LogP contribution in [0.1, 0.15) is 37.2 Å².